The molecule has 1 unspecified atom stereocenters. The van der Waals surface area contributed by atoms with Crippen LogP contribution in [0.5, 0.6) is 0 Å². The molecule has 4 amide bonds. The number of carbonyl (C=O) groups is 4. The standard InChI is InChI=1S/C52H74ClN7O7S.C2H4.C2H2.CH5N/c1-10-14-48(51(63)54-33-61)60(34-62)52(64)44-29-43(18-17-38(44)8)59-31-41(32-59)30-57-23-21-42(22-24-57)58-25-19-40(20-26-58)27-37(7)28-47(39(9)67-35(3)4)56-50(45(53)11-2)55-46-15-12-13-16-49(46)68(65,66)36(5)6;3*1-2/h11-13,15-18,28-29,33-36,40-42,48H,10,14,19-27,30-32H2,1-9H3,(H,55,56)(H,54,61,63);1-2H2;1-2H;2H2,1H3/b37-28-,45-11+,47-39-;;;. The third-order valence-electron chi connectivity index (χ3n) is 13.3. The number of nitrogens with zero attached hydrogens (tertiary/aromatic N) is 5. The topological polar surface area (TPSA) is 187 Å². The van der Waals surface area contributed by atoms with Crippen molar-refractivity contribution in [2.24, 2.45) is 22.6 Å². The normalized spacial score (nSPS) is 17.2. The number of allylic oxidation sites excluding steroid dienone is 4. The van der Waals surface area contributed by atoms with Gasteiger partial charge in [-0.05, 0) is 169 Å². The number of aryl methyl sites for hydroxylation is 1. The molecule has 5 rings (SSSR count). The molecule has 0 aliphatic carbocycles. The molecule has 3 aliphatic heterocycles. The van der Waals surface area contributed by atoms with E-state index >= 15 is 0 Å². The van der Waals surface area contributed by atoms with Crippen molar-refractivity contribution in [2.45, 2.75) is 136 Å². The van der Waals surface area contributed by atoms with Crippen LogP contribution in [0.1, 0.15) is 116 Å². The first-order valence-electron chi connectivity index (χ1n) is 25.7. The number of likely N-dealkylation sites (tertiary alicyclic amines) is 2. The predicted molar refractivity (Wildman–Crippen MR) is 303 cm³/mol. The zero-order valence-corrected chi connectivity index (χ0v) is 47.3. The number of carbonyl (C=O) groups excluding carboxylic acids is 4. The lowest BCUT2D eigenvalue weighted by Gasteiger charge is -2.46. The van der Waals surface area contributed by atoms with Crippen molar-refractivity contribution in [3.05, 3.63) is 101 Å². The van der Waals surface area contributed by atoms with Crippen LogP contribution in [0.15, 0.2) is 99.7 Å². The number of nitrogens with one attached hydrogen (secondary N) is 2. The first kappa shape index (κ1) is 64.5. The molecule has 0 spiro atoms. The Bertz CT molecular complexity index is 2390. The number of hydrogen-bond acceptors (Lipinski definition) is 12. The molecule has 17 heteroatoms. The number of hydrogen-bond donors (Lipinski definition) is 3. The second-order valence-corrected chi connectivity index (χ2v) is 22.0. The van der Waals surface area contributed by atoms with Gasteiger partial charge in [0, 0.05) is 42.8 Å². The number of rotatable bonds is 21. The first-order valence-corrected chi connectivity index (χ1v) is 27.6. The number of halogens is 1. The van der Waals surface area contributed by atoms with Crippen LogP contribution in [0.25, 0.3) is 0 Å². The minimum atomic E-state index is -3.60. The molecular weight excluding hydrogens is 976 g/mol. The summed E-state index contributed by atoms with van der Waals surface area (Å²) in [5, 5.41) is 5.26. The number of benzene rings is 2. The van der Waals surface area contributed by atoms with E-state index < -0.39 is 32.9 Å². The van der Waals surface area contributed by atoms with E-state index in [2.05, 4.69) is 70.1 Å². The highest BCUT2D eigenvalue weighted by Crippen LogP contribution is 2.32. The lowest BCUT2D eigenvalue weighted by atomic mass is 9.88. The second-order valence-electron chi connectivity index (χ2n) is 19.1. The Kier molecular flexibility index (Phi) is 28.5. The summed E-state index contributed by atoms with van der Waals surface area (Å²) >= 11 is 6.75. The van der Waals surface area contributed by atoms with E-state index in [0.29, 0.717) is 64.1 Å². The first-order chi connectivity index (χ1) is 35.4. The van der Waals surface area contributed by atoms with Gasteiger partial charge in [-0.3, -0.25) is 29.4 Å². The van der Waals surface area contributed by atoms with Crippen molar-refractivity contribution in [1.82, 2.24) is 25.3 Å². The quantitative estimate of drug-likeness (QED) is 0.0205. The zero-order valence-electron chi connectivity index (χ0n) is 45.7. The Morgan fingerprint density at radius 2 is 1.59 bits per heavy atom. The molecule has 0 bridgehead atoms. The molecule has 74 heavy (non-hydrogen) atoms. The van der Waals surface area contributed by atoms with Gasteiger partial charge in [0.25, 0.3) is 5.91 Å². The smallest absolute Gasteiger partial charge is 0.261 e. The summed E-state index contributed by atoms with van der Waals surface area (Å²) < 4.78 is 32.7. The van der Waals surface area contributed by atoms with Gasteiger partial charge in [0.15, 0.2) is 9.84 Å². The van der Waals surface area contributed by atoms with Gasteiger partial charge in [-0.1, -0.05) is 54.8 Å². The van der Waals surface area contributed by atoms with E-state index in [0.717, 1.165) is 94.2 Å². The van der Waals surface area contributed by atoms with Gasteiger partial charge < -0.3 is 30.5 Å². The van der Waals surface area contributed by atoms with E-state index in [1.165, 1.54) is 12.6 Å². The second kappa shape index (κ2) is 32.7. The van der Waals surface area contributed by atoms with Crippen LogP contribution in [0, 0.1) is 31.6 Å². The van der Waals surface area contributed by atoms with Crippen molar-refractivity contribution in [2.75, 3.05) is 57.8 Å². The summed E-state index contributed by atoms with van der Waals surface area (Å²) in [7, 11) is -2.10. The van der Waals surface area contributed by atoms with Crippen molar-refractivity contribution >= 4 is 63.3 Å². The number of piperidine rings is 2. The number of terminal acetylenes is 1. The van der Waals surface area contributed by atoms with Crippen molar-refractivity contribution in [3.8, 4) is 12.8 Å². The number of amides is 4. The van der Waals surface area contributed by atoms with Crippen LogP contribution in [-0.4, -0.2) is 130 Å². The minimum Gasteiger partial charge on any atom is -0.493 e. The molecule has 3 heterocycles. The molecule has 3 saturated heterocycles. The molecule has 2 aromatic carbocycles. The zero-order chi connectivity index (χ0) is 55.7. The Labute approximate surface area is 448 Å². The molecule has 4 N–H and O–H groups in total. The van der Waals surface area contributed by atoms with Gasteiger partial charge in [-0.2, -0.15) is 0 Å². The summed E-state index contributed by atoms with van der Waals surface area (Å²) in [6, 6.07) is 12.0. The van der Waals surface area contributed by atoms with Crippen molar-refractivity contribution in [1.29, 1.82) is 0 Å². The van der Waals surface area contributed by atoms with Crippen molar-refractivity contribution < 1.29 is 32.3 Å². The van der Waals surface area contributed by atoms with Crippen LogP contribution >= 0.6 is 11.6 Å². The van der Waals surface area contributed by atoms with Gasteiger partial charge in [-0.15, -0.1) is 26.0 Å². The molecule has 408 valence electrons. The minimum absolute atomic E-state index is 0.0588. The number of sulfone groups is 1. The van der Waals surface area contributed by atoms with Crippen LogP contribution < -0.4 is 21.3 Å². The third kappa shape index (κ3) is 18.4. The monoisotopic (exact) mass is 1060 g/mol. The number of para-hydroxylation sites is 1. The van der Waals surface area contributed by atoms with Gasteiger partial charge in [0.1, 0.15) is 17.6 Å². The molecule has 0 saturated carbocycles. The number of imide groups is 2. The maximum Gasteiger partial charge on any atom is 0.261 e. The lowest BCUT2D eigenvalue weighted by Crippen LogP contribution is -2.54. The van der Waals surface area contributed by atoms with E-state index in [4.69, 9.17) is 21.3 Å². The van der Waals surface area contributed by atoms with E-state index in [1.54, 1.807) is 44.2 Å². The summed E-state index contributed by atoms with van der Waals surface area (Å²) in [4.78, 5) is 62.7. The van der Waals surface area contributed by atoms with Gasteiger partial charge in [0.05, 0.1) is 32.7 Å². The Hall–Kier alpha value is -5.57. The van der Waals surface area contributed by atoms with Gasteiger partial charge in [0.2, 0.25) is 18.7 Å². The van der Waals surface area contributed by atoms with E-state index in [9.17, 15) is 27.6 Å². The fourth-order valence-corrected chi connectivity index (χ4v) is 10.8. The maximum atomic E-state index is 13.6. The molecule has 3 aliphatic rings. The number of anilines is 1. The summed E-state index contributed by atoms with van der Waals surface area (Å²) in [6.07, 6.45) is 18.8. The van der Waals surface area contributed by atoms with Crippen molar-refractivity contribution in [3.63, 3.8) is 0 Å². The highest BCUT2D eigenvalue weighted by Gasteiger charge is 2.35. The molecule has 2 aromatic rings. The molecule has 0 aromatic heterocycles. The molecule has 1 atom stereocenters. The van der Waals surface area contributed by atoms with E-state index in [1.807, 2.05) is 59.7 Å². The summed E-state index contributed by atoms with van der Waals surface area (Å²) in [5.41, 5.74) is 8.73. The summed E-state index contributed by atoms with van der Waals surface area (Å²) in [6.45, 7) is 29.9. The van der Waals surface area contributed by atoms with Crippen LogP contribution in [0.3, 0.4) is 0 Å². The average molecular weight is 1060 g/mol. The maximum absolute atomic E-state index is 13.6. The molecular formula is C57H85ClN8O7S. The predicted octanol–water partition coefficient (Wildman–Crippen LogP) is 8.91. The Morgan fingerprint density at radius 3 is 2.15 bits per heavy atom. The van der Waals surface area contributed by atoms with Crippen LogP contribution in [-0.2, 0) is 29.0 Å². The fourth-order valence-electron chi connectivity index (χ4n) is 9.49. The highest BCUT2D eigenvalue weighted by molar-refractivity contribution is 7.92. The summed E-state index contributed by atoms with van der Waals surface area (Å²) in [5.74, 6) is 0.860. The molecule has 0 radical (unpaired) electrons. The molecule has 15 nitrogen and oxygen atoms in total. The SMILES string of the molecule is C#C.C/C=C(/Cl)C(=Nc1ccccc1S(=O)(=O)C(C)C)NC(/C=C(/C)CC1CCN(C2CCN(CC3CN(c4ccc(C)c(C(=O)N(C=O)C(CCC)C(=O)NC=O)c4)C3)CC2)CC1)=C(/C)OC(C)C.C=C.CN. The number of amidine groups is 1. The number of ether oxygens (including phenoxy) is 1. The Balaban J connectivity index is 0.00000301. The number of aliphatic imine (C=N–C) groups is 1. The third-order valence-corrected chi connectivity index (χ3v) is 15.9. The van der Waals surface area contributed by atoms with E-state index in [-0.39, 0.29) is 23.8 Å². The van der Waals surface area contributed by atoms with Gasteiger partial charge >= 0.3 is 0 Å². The Morgan fingerprint density at radius 1 is 0.973 bits per heavy atom. The fraction of sp³-hybridized carbons (Fsp3) is 0.526. The number of nitrogens with two attached hydrogens (primary N) is 1. The highest BCUT2D eigenvalue weighted by atomic mass is 35.5. The van der Waals surface area contributed by atoms with Gasteiger partial charge in [-0.25, -0.2) is 13.4 Å². The largest absolute Gasteiger partial charge is 0.493 e. The average Bonchev–Trinajstić information content (AvgIpc) is 3.38. The lowest BCUT2D eigenvalue weighted by molar-refractivity contribution is -0.133. The van der Waals surface area contributed by atoms with Crippen LogP contribution in [0.2, 0.25) is 0 Å². The van der Waals surface area contributed by atoms with Crippen LogP contribution in [0.4, 0.5) is 11.4 Å². The molecule has 3 fully saturated rings.